The molecule has 0 spiro atoms. The Labute approximate surface area is 234 Å². The Morgan fingerprint density at radius 1 is 0.634 bits per heavy atom. The number of aromatic nitrogens is 3. The first-order valence-electron chi connectivity index (χ1n) is 13.8. The fraction of sp³-hybridized carbons (Fsp3) is 0.0556. The average Bonchev–Trinajstić information content (AvgIpc) is 3.67. The monoisotopic (exact) mass is 529 g/mol. The maximum absolute atomic E-state index is 6.52. The molecule has 0 amide bonds. The van der Waals surface area contributed by atoms with E-state index in [2.05, 4.69) is 96.4 Å². The minimum absolute atomic E-state index is 0.642. The summed E-state index contributed by atoms with van der Waals surface area (Å²) in [5.41, 5.74) is 8.94. The molecule has 194 valence electrons. The summed E-state index contributed by atoms with van der Waals surface area (Å²) >= 11 is 0. The number of rotatable bonds is 2. The molecular formula is C36H23N3O2. The van der Waals surface area contributed by atoms with Crippen molar-refractivity contribution < 1.29 is 8.83 Å². The van der Waals surface area contributed by atoms with E-state index >= 15 is 0 Å². The number of aryl methyl sites for hydroxylation is 2. The van der Waals surface area contributed by atoms with Crippen LogP contribution in [0.4, 0.5) is 0 Å². The fourth-order valence-corrected chi connectivity index (χ4v) is 6.29. The van der Waals surface area contributed by atoms with Crippen molar-refractivity contribution in [1.29, 1.82) is 0 Å². The zero-order chi connectivity index (χ0) is 27.2. The molecule has 0 aliphatic carbocycles. The summed E-state index contributed by atoms with van der Waals surface area (Å²) in [4.78, 5) is 9.98. The van der Waals surface area contributed by atoms with E-state index < -0.39 is 0 Å². The molecule has 9 rings (SSSR count). The van der Waals surface area contributed by atoms with Crippen LogP contribution in [0.2, 0.25) is 0 Å². The zero-order valence-corrected chi connectivity index (χ0v) is 22.5. The molecule has 5 nitrogen and oxygen atoms in total. The lowest BCUT2D eigenvalue weighted by atomic mass is 10.0. The molecule has 9 aromatic rings. The van der Waals surface area contributed by atoms with Crippen molar-refractivity contribution in [3.05, 3.63) is 114 Å². The molecule has 0 fully saturated rings. The first-order valence-corrected chi connectivity index (χ1v) is 13.8. The normalized spacial score (nSPS) is 12.1. The van der Waals surface area contributed by atoms with Crippen molar-refractivity contribution >= 4 is 65.8 Å². The summed E-state index contributed by atoms with van der Waals surface area (Å²) in [5.74, 6) is 0.795. The van der Waals surface area contributed by atoms with Crippen molar-refractivity contribution in [1.82, 2.24) is 14.5 Å². The highest BCUT2D eigenvalue weighted by atomic mass is 16.3. The second kappa shape index (κ2) is 8.05. The van der Waals surface area contributed by atoms with Crippen molar-refractivity contribution in [2.75, 3.05) is 0 Å². The van der Waals surface area contributed by atoms with Gasteiger partial charge in [-0.3, -0.25) is 4.57 Å². The van der Waals surface area contributed by atoms with Crippen LogP contribution in [0.15, 0.2) is 112 Å². The summed E-state index contributed by atoms with van der Waals surface area (Å²) < 4.78 is 15.3. The minimum atomic E-state index is 0.642. The van der Waals surface area contributed by atoms with Gasteiger partial charge in [-0.05, 0) is 72.6 Å². The summed E-state index contributed by atoms with van der Waals surface area (Å²) in [6.07, 6.45) is 0. The summed E-state index contributed by atoms with van der Waals surface area (Å²) in [7, 11) is 0. The minimum Gasteiger partial charge on any atom is -0.454 e. The average molecular weight is 530 g/mol. The Morgan fingerprint density at radius 3 is 2.34 bits per heavy atom. The Kier molecular flexibility index (Phi) is 4.40. The molecule has 0 radical (unpaired) electrons. The Balaban J connectivity index is 1.45. The van der Waals surface area contributed by atoms with Crippen LogP contribution in [-0.4, -0.2) is 14.5 Å². The smallest absolute Gasteiger partial charge is 0.227 e. The van der Waals surface area contributed by atoms with Gasteiger partial charge in [0, 0.05) is 27.2 Å². The second-order valence-corrected chi connectivity index (χ2v) is 10.8. The predicted molar refractivity (Wildman–Crippen MR) is 166 cm³/mol. The largest absolute Gasteiger partial charge is 0.454 e. The van der Waals surface area contributed by atoms with E-state index in [9.17, 15) is 0 Å². The lowest BCUT2D eigenvalue weighted by Gasteiger charge is -2.11. The molecule has 0 bridgehead atoms. The van der Waals surface area contributed by atoms with Gasteiger partial charge in [0.15, 0.2) is 5.58 Å². The SMILES string of the molecule is Cc1ccc2c(n1)oc1c(-c3nc4cc5ccccc5cc4n3-c3cccc4c3oc3ccccc34)ccc(C)c12. The molecule has 4 aromatic heterocycles. The third kappa shape index (κ3) is 3.11. The van der Waals surface area contributed by atoms with Crippen LogP contribution in [-0.2, 0) is 0 Å². The fourth-order valence-electron chi connectivity index (χ4n) is 6.29. The van der Waals surface area contributed by atoms with E-state index in [0.717, 1.165) is 88.4 Å². The van der Waals surface area contributed by atoms with Crippen LogP contribution in [0.1, 0.15) is 11.3 Å². The summed E-state index contributed by atoms with van der Waals surface area (Å²) in [6, 6.07) is 35.7. The van der Waals surface area contributed by atoms with Crippen LogP contribution < -0.4 is 0 Å². The Morgan fingerprint density at radius 2 is 1.44 bits per heavy atom. The number of hydrogen-bond acceptors (Lipinski definition) is 4. The number of benzene rings is 5. The van der Waals surface area contributed by atoms with Crippen molar-refractivity contribution in [3.63, 3.8) is 0 Å². The molecular weight excluding hydrogens is 506 g/mol. The highest BCUT2D eigenvalue weighted by Crippen LogP contribution is 2.41. The van der Waals surface area contributed by atoms with Crippen molar-refractivity contribution in [2.24, 2.45) is 0 Å². The molecule has 0 aliphatic rings. The van der Waals surface area contributed by atoms with E-state index in [1.165, 1.54) is 0 Å². The first-order chi connectivity index (χ1) is 20.1. The van der Waals surface area contributed by atoms with E-state index in [1.54, 1.807) is 0 Å². The maximum Gasteiger partial charge on any atom is 0.227 e. The van der Waals surface area contributed by atoms with Gasteiger partial charge in [0.1, 0.15) is 17.0 Å². The Hall–Kier alpha value is -5.42. The third-order valence-electron chi connectivity index (χ3n) is 8.22. The number of fused-ring (bicyclic) bond motifs is 8. The van der Waals surface area contributed by atoms with Gasteiger partial charge in [-0.1, -0.05) is 60.7 Å². The highest BCUT2D eigenvalue weighted by molar-refractivity contribution is 6.12. The van der Waals surface area contributed by atoms with Crippen LogP contribution in [0.5, 0.6) is 0 Å². The van der Waals surface area contributed by atoms with E-state index in [4.69, 9.17) is 18.8 Å². The molecule has 4 heterocycles. The topological polar surface area (TPSA) is 57.0 Å². The van der Waals surface area contributed by atoms with Crippen LogP contribution >= 0.6 is 0 Å². The van der Waals surface area contributed by atoms with Gasteiger partial charge in [-0.25, -0.2) is 9.97 Å². The van der Waals surface area contributed by atoms with Gasteiger partial charge in [0.25, 0.3) is 0 Å². The van der Waals surface area contributed by atoms with Crippen molar-refractivity contribution in [2.45, 2.75) is 13.8 Å². The lowest BCUT2D eigenvalue weighted by Crippen LogP contribution is -1.98. The number of pyridine rings is 1. The molecule has 5 heteroatoms. The number of hydrogen-bond donors (Lipinski definition) is 0. The number of para-hydroxylation sites is 2. The van der Waals surface area contributed by atoms with Gasteiger partial charge < -0.3 is 8.83 Å². The van der Waals surface area contributed by atoms with E-state index in [0.29, 0.717) is 5.71 Å². The molecule has 5 aromatic carbocycles. The van der Waals surface area contributed by atoms with Crippen LogP contribution in [0.25, 0.3) is 82.9 Å². The van der Waals surface area contributed by atoms with E-state index in [-0.39, 0.29) is 0 Å². The molecule has 0 aliphatic heterocycles. The number of furan rings is 2. The molecule has 0 saturated heterocycles. The van der Waals surface area contributed by atoms with Crippen molar-refractivity contribution in [3.8, 4) is 17.1 Å². The maximum atomic E-state index is 6.52. The van der Waals surface area contributed by atoms with E-state index in [1.807, 2.05) is 25.1 Å². The number of imidazole rings is 1. The van der Waals surface area contributed by atoms with Crippen LogP contribution in [0, 0.1) is 13.8 Å². The quantitative estimate of drug-likeness (QED) is 0.224. The third-order valence-corrected chi connectivity index (χ3v) is 8.22. The zero-order valence-electron chi connectivity index (χ0n) is 22.5. The Bertz CT molecular complexity index is 2510. The molecule has 0 saturated carbocycles. The first kappa shape index (κ1) is 22.4. The predicted octanol–water partition coefficient (Wildman–Crippen LogP) is 9.66. The standard InChI is InChI=1S/C36H23N3O2/c1-20-14-16-27(34-32(20)26-17-15-21(2)37-36(26)41-34)35-38-28-18-22-8-3-4-9-23(22)19-30(28)39(35)29-12-7-11-25-24-10-5-6-13-31(24)40-33(25)29/h3-19H,1-2H3. The van der Waals surface area contributed by atoms with Gasteiger partial charge in [-0.15, -0.1) is 0 Å². The number of nitrogens with zero attached hydrogens (tertiary/aromatic N) is 3. The van der Waals surface area contributed by atoms with Gasteiger partial charge >= 0.3 is 0 Å². The molecule has 0 atom stereocenters. The van der Waals surface area contributed by atoms with Gasteiger partial charge in [0.05, 0.1) is 22.3 Å². The highest BCUT2D eigenvalue weighted by Gasteiger charge is 2.23. The van der Waals surface area contributed by atoms with Crippen LogP contribution in [0.3, 0.4) is 0 Å². The molecule has 41 heavy (non-hydrogen) atoms. The molecule has 0 N–H and O–H groups in total. The lowest BCUT2D eigenvalue weighted by molar-refractivity contribution is 0.652. The molecule has 0 unspecified atom stereocenters. The van der Waals surface area contributed by atoms with Gasteiger partial charge in [0.2, 0.25) is 5.71 Å². The summed E-state index contributed by atoms with van der Waals surface area (Å²) in [5, 5.41) is 6.55. The second-order valence-electron chi connectivity index (χ2n) is 10.8. The summed E-state index contributed by atoms with van der Waals surface area (Å²) in [6.45, 7) is 4.10. The van der Waals surface area contributed by atoms with Gasteiger partial charge in [-0.2, -0.15) is 0 Å².